The third-order valence-corrected chi connectivity index (χ3v) is 3.33. The Labute approximate surface area is 116 Å². The second kappa shape index (κ2) is 6.57. The van der Waals surface area contributed by atoms with Crippen LogP contribution in [0.25, 0.3) is 0 Å². The maximum atomic E-state index is 13.6. The van der Waals surface area contributed by atoms with E-state index >= 15 is 0 Å². The SMILES string of the molecule is CNC(Cc1ccccc1F)Cc1cccc(F)c1F. The monoisotopic (exact) mass is 279 g/mol. The fourth-order valence-corrected chi connectivity index (χ4v) is 2.18. The summed E-state index contributed by atoms with van der Waals surface area (Å²) in [5.41, 5.74) is 0.851. The molecule has 0 saturated heterocycles. The number of benzene rings is 2. The topological polar surface area (TPSA) is 12.0 Å². The van der Waals surface area contributed by atoms with Gasteiger partial charge in [-0.3, -0.25) is 0 Å². The number of hydrogen-bond acceptors (Lipinski definition) is 1. The fourth-order valence-electron chi connectivity index (χ4n) is 2.18. The van der Waals surface area contributed by atoms with Gasteiger partial charge in [-0.05, 0) is 43.1 Å². The van der Waals surface area contributed by atoms with E-state index in [0.717, 1.165) is 6.07 Å². The Morgan fingerprint density at radius 2 is 1.45 bits per heavy atom. The van der Waals surface area contributed by atoms with Crippen LogP contribution in [0.1, 0.15) is 11.1 Å². The molecule has 1 N–H and O–H groups in total. The Morgan fingerprint density at radius 1 is 0.850 bits per heavy atom. The van der Waals surface area contributed by atoms with E-state index in [4.69, 9.17) is 0 Å². The van der Waals surface area contributed by atoms with E-state index in [1.54, 1.807) is 31.3 Å². The lowest BCUT2D eigenvalue weighted by molar-refractivity contribution is 0.479. The van der Waals surface area contributed by atoms with E-state index in [0.29, 0.717) is 24.0 Å². The Bertz CT molecular complexity index is 584. The van der Waals surface area contributed by atoms with Gasteiger partial charge in [0.05, 0.1) is 0 Å². The van der Waals surface area contributed by atoms with Gasteiger partial charge in [0.2, 0.25) is 0 Å². The molecule has 2 rings (SSSR count). The minimum absolute atomic E-state index is 0.164. The summed E-state index contributed by atoms with van der Waals surface area (Å²) < 4.78 is 40.4. The maximum Gasteiger partial charge on any atom is 0.162 e. The first-order chi connectivity index (χ1) is 9.61. The van der Waals surface area contributed by atoms with Gasteiger partial charge in [-0.15, -0.1) is 0 Å². The molecule has 20 heavy (non-hydrogen) atoms. The van der Waals surface area contributed by atoms with Crippen molar-refractivity contribution in [2.75, 3.05) is 7.05 Å². The molecule has 1 unspecified atom stereocenters. The third-order valence-electron chi connectivity index (χ3n) is 3.33. The summed E-state index contributed by atoms with van der Waals surface area (Å²) in [7, 11) is 1.72. The van der Waals surface area contributed by atoms with Gasteiger partial charge in [0.1, 0.15) is 5.82 Å². The van der Waals surface area contributed by atoms with Gasteiger partial charge in [0.15, 0.2) is 11.6 Å². The molecule has 0 aliphatic carbocycles. The summed E-state index contributed by atoms with van der Waals surface area (Å²) in [6.45, 7) is 0. The predicted octanol–water partition coefficient (Wildman–Crippen LogP) is 3.48. The van der Waals surface area contributed by atoms with Crippen LogP contribution < -0.4 is 5.32 Å². The van der Waals surface area contributed by atoms with E-state index < -0.39 is 11.6 Å². The standard InChI is InChI=1S/C16H16F3N/c1-20-13(9-11-5-2-3-7-14(11)17)10-12-6-4-8-15(18)16(12)19/h2-8,13,20H,9-10H2,1H3. The second-order valence-electron chi connectivity index (χ2n) is 4.70. The van der Waals surface area contributed by atoms with E-state index in [1.807, 2.05) is 0 Å². The van der Waals surface area contributed by atoms with Crippen LogP contribution in [0, 0.1) is 17.5 Å². The molecule has 2 aromatic rings. The van der Waals surface area contributed by atoms with E-state index in [2.05, 4.69) is 5.32 Å². The highest BCUT2D eigenvalue weighted by atomic mass is 19.2. The highest BCUT2D eigenvalue weighted by molar-refractivity contribution is 5.22. The van der Waals surface area contributed by atoms with Crippen molar-refractivity contribution in [3.63, 3.8) is 0 Å². The van der Waals surface area contributed by atoms with Gasteiger partial charge < -0.3 is 5.32 Å². The molecule has 1 nitrogen and oxygen atoms in total. The van der Waals surface area contributed by atoms with Crippen LogP contribution in [0.2, 0.25) is 0 Å². The van der Waals surface area contributed by atoms with E-state index in [-0.39, 0.29) is 11.9 Å². The Balaban J connectivity index is 2.14. The number of halogens is 3. The molecule has 0 aromatic heterocycles. The zero-order valence-electron chi connectivity index (χ0n) is 11.2. The second-order valence-corrected chi connectivity index (χ2v) is 4.70. The molecule has 0 spiro atoms. The molecule has 2 aromatic carbocycles. The summed E-state index contributed by atoms with van der Waals surface area (Å²) in [4.78, 5) is 0. The quantitative estimate of drug-likeness (QED) is 0.883. The smallest absolute Gasteiger partial charge is 0.162 e. The molecule has 0 aliphatic heterocycles. The van der Waals surface area contributed by atoms with Crippen molar-refractivity contribution < 1.29 is 13.2 Å². The Kier molecular flexibility index (Phi) is 4.79. The molecule has 0 saturated carbocycles. The van der Waals surface area contributed by atoms with Crippen LogP contribution in [-0.4, -0.2) is 13.1 Å². The number of hydrogen-bond donors (Lipinski definition) is 1. The summed E-state index contributed by atoms with van der Waals surface area (Å²) in [5, 5.41) is 3.02. The number of nitrogens with one attached hydrogen (secondary N) is 1. The van der Waals surface area contributed by atoms with E-state index in [1.165, 1.54) is 12.1 Å². The molecule has 0 heterocycles. The zero-order valence-corrected chi connectivity index (χ0v) is 11.2. The van der Waals surface area contributed by atoms with Gasteiger partial charge >= 0.3 is 0 Å². The van der Waals surface area contributed by atoms with Crippen LogP contribution in [0.4, 0.5) is 13.2 Å². The molecule has 1 atom stereocenters. The van der Waals surface area contributed by atoms with Crippen LogP contribution in [0.15, 0.2) is 42.5 Å². The first-order valence-corrected chi connectivity index (χ1v) is 6.45. The van der Waals surface area contributed by atoms with Crippen molar-refractivity contribution >= 4 is 0 Å². The zero-order chi connectivity index (χ0) is 14.5. The lowest BCUT2D eigenvalue weighted by Crippen LogP contribution is -2.30. The summed E-state index contributed by atoms with van der Waals surface area (Å²) >= 11 is 0. The van der Waals surface area contributed by atoms with Crippen LogP contribution in [0.3, 0.4) is 0 Å². The molecular weight excluding hydrogens is 263 g/mol. The van der Waals surface area contributed by atoms with Crippen molar-refractivity contribution in [2.24, 2.45) is 0 Å². The Hall–Kier alpha value is -1.81. The lowest BCUT2D eigenvalue weighted by atomic mass is 9.98. The van der Waals surface area contributed by atoms with Crippen LogP contribution in [0.5, 0.6) is 0 Å². The average Bonchev–Trinajstić information content (AvgIpc) is 2.45. The van der Waals surface area contributed by atoms with Gasteiger partial charge in [-0.25, -0.2) is 13.2 Å². The van der Waals surface area contributed by atoms with Gasteiger partial charge in [-0.1, -0.05) is 30.3 Å². The highest BCUT2D eigenvalue weighted by Crippen LogP contribution is 2.16. The van der Waals surface area contributed by atoms with Crippen molar-refractivity contribution in [3.05, 3.63) is 71.0 Å². The largest absolute Gasteiger partial charge is 0.316 e. The molecular formula is C16H16F3N. The molecule has 0 radical (unpaired) electrons. The lowest BCUT2D eigenvalue weighted by Gasteiger charge is -2.17. The first-order valence-electron chi connectivity index (χ1n) is 6.45. The van der Waals surface area contributed by atoms with Crippen molar-refractivity contribution in [1.82, 2.24) is 5.32 Å². The molecule has 0 fully saturated rings. The van der Waals surface area contributed by atoms with Gasteiger partial charge in [0, 0.05) is 6.04 Å². The molecule has 0 amide bonds. The average molecular weight is 279 g/mol. The fraction of sp³-hybridized carbons (Fsp3) is 0.250. The Morgan fingerprint density at radius 3 is 2.15 bits per heavy atom. The summed E-state index contributed by atoms with van der Waals surface area (Å²) in [6.07, 6.45) is 0.716. The number of likely N-dealkylation sites (N-methyl/N-ethyl adjacent to an activating group) is 1. The van der Waals surface area contributed by atoms with Crippen LogP contribution >= 0.6 is 0 Å². The molecule has 4 heteroatoms. The minimum Gasteiger partial charge on any atom is -0.316 e. The first kappa shape index (κ1) is 14.6. The molecule has 0 bridgehead atoms. The summed E-state index contributed by atoms with van der Waals surface area (Å²) in [6, 6.07) is 10.4. The van der Waals surface area contributed by atoms with Crippen molar-refractivity contribution in [1.29, 1.82) is 0 Å². The summed E-state index contributed by atoms with van der Waals surface area (Å²) in [5.74, 6) is -1.98. The van der Waals surface area contributed by atoms with Gasteiger partial charge in [-0.2, -0.15) is 0 Å². The maximum absolute atomic E-state index is 13.6. The molecule has 106 valence electrons. The van der Waals surface area contributed by atoms with E-state index in [9.17, 15) is 13.2 Å². The highest BCUT2D eigenvalue weighted by Gasteiger charge is 2.15. The van der Waals surface area contributed by atoms with Gasteiger partial charge in [0.25, 0.3) is 0 Å². The third kappa shape index (κ3) is 3.39. The minimum atomic E-state index is -0.858. The predicted molar refractivity (Wildman–Crippen MR) is 73.0 cm³/mol. The normalized spacial score (nSPS) is 12.4. The van der Waals surface area contributed by atoms with Crippen molar-refractivity contribution in [2.45, 2.75) is 18.9 Å². The van der Waals surface area contributed by atoms with Crippen molar-refractivity contribution in [3.8, 4) is 0 Å². The molecule has 0 aliphatic rings. The number of rotatable bonds is 5. The van der Waals surface area contributed by atoms with Crippen LogP contribution in [-0.2, 0) is 12.8 Å².